The van der Waals surface area contributed by atoms with Crippen LogP contribution in [0.2, 0.25) is 0 Å². The number of benzene rings is 1. The van der Waals surface area contributed by atoms with E-state index in [4.69, 9.17) is 14.2 Å². The Morgan fingerprint density at radius 1 is 1.05 bits per heavy atom. The van der Waals surface area contributed by atoms with Crippen molar-refractivity contribution in [1.82, 2.24) is 0 Å². The number of carbonyl (C=O) groups is 2. The van der Waals surface area contributed by atoms with Crippen LogP contribution >= 0.6 is 0 Å². The van der Waals surface area contributed by atoms with Gasteiger partial charge in [0.25, 0.3) is 0 Å². The van der Waals surface area contributed by atoms with Crippen LogP contribution in [0.1, 0.15) is 57.8 Å². The molecule has 7 unspecified atom stereocenters. The number of carbonyl (C=O) groups excluding carboxylic acids is 2. The molecule has 1 aliphatic heterocycles. The average molecular weight is 547 g/mol. The molecule has 1 heterocycles. The van der Waals surface area contributed by atoms with E-state index in [1.165, 1.54) is 6.92 Å². The summed E-state index contributed by atoms with van der Waals surface area (Å²) in [6.45, 7) is 7.57. The number of esters is 2. The molecule has 39 heavy (non-hydrogen) atoms. The minimum Gasteiger partial charge on any atom is -0.455 e. The number of aliphatic hydroxyl groups excluding tert-OH is 4. The molecule has 0 spiro atoms. The van der Waals surface area contributed by atoms with Gasteiger partial charge >= 0.3 is 11.9 Å². The van der Waals surface area contributed by atoms with Crippen LogP contribution in [-0.4, -0.2) is 91.9 Å². The number of rotatable bonds is 3. The summed E-state index contributed by atoms with van der Waals surface area (Å²) >= 11 is 0. The maximum absolute atomic E-state index is 13.6. The summed E-state index contributed by atoms with van der Waals surface area (Å²) in [7, 11) is 0. The van der Waals surface area contributed by atoms with Gasteiger partial charge in [0, 0.05) is 30.6 Å². The zero-order valence-electron chi connectivity index (χ0n) is 22.8. The van der Waals surface area contributed by atoms with Gasteiger partial charge in [-0.2, -0.15) is 0 Å². The van der Waals surface area contributed by atoms with Gasteiger partial charge in [-0.25, -0.2) is 4.79 Å². The smallest absolute Gasteiger partial charge is 0.338 e. The van der Waals surface area contributed by atoms with Crippen molar-refractivity contribution in [3.8, 4) is 0 Å². The first kappa shape index (κ1) is 28.2. The number of aliphatic hydroxyl groups is 5. The molecule has 2 saturated carbocycles. The van der Waals surface area contributed by atoms with Gasteiger partial charge in [0.2, 0.25) is 0 Å². The molecule has 3 fully saturated rings. The van der Waals surface area contributed by atoms with E-state index >= 15 is 0 Å². The molecule has 2 bridgehead atoms. The Morgan fingerprint density at radius 2 is 1.69 bits per heavy atom. The number of hydrogen-bond acceptors (Lipinski definition) is 10. The minimum atomic E-state index is -2.02. The van der Waals surface area contributed by atoms with Crippen molar-refractivity contribution in [1.29, 1.82) is 0 Å². The third kappa shape index (κ3) is 3.69. The summed E-state index contributed by atoms with van der Waals surface area (Å²) in [5.41, 5.74) is -5.70. The SMILES string of the molecule is CC(=O)O[C@@]12COC1CC(O)C1(C)C(O)C(O)C3=C(C)[C@@H](O)CC(O)([C@@H](OC(=O)c4ccccc4)C12)C3(C)C. The largest absolute Gasteiger partial charge is 0.455 e. The summed E-state index contributed by atoms with van der Waals surface area (Å²) in [6, 6.07) is 8.16. The highest BCUT2D eigenvalue weighted by molar-refractivity contribution is 5.89. The molecule has 1 aromatic carbocycles. The molecule has 4 aliphatic rings. The Bertz CT molecular complexity index is 1200. The molecule has 1 saturated heterocycles. The highest BCUT2D eigenvalue weighted by Crippen LogP contribution is 2.64. The Hall–Kier alpha value is -2.34. The van der Waals surface area contributed by atoms with E-state index < -0.39 is 76.5 Å². The average Bonchev–Trinajstić information content (AvgIpc) is 2.87. The lowest BCUT2D eigenvalue weighted by atomic mass is 9.44. The lowest BCUT2D eigenvalue weighted by Crippen LogP contribution is -2.82. The van der Waals surface area contributed by atoms with Crippen LogP contribution in [0, 0.1) is 16.7 Å². The van der Waals surface area contributed by atoms with Gasteiger partial charge in [-0.3, -0.25) is 4.79 Å². The predicted octanol–water partition coefficient (Wildman–Crippen LogP) is 0.874. The Kier molecular flexibility index (Phi) is 6.57. The molecule has 1 aromatic rings. The van der Waals surface area contributed by atoms with Crippen LogP contribution in [0.3, 0.4) is 0 Å². The van der Waals surface area contributed by atoms with Crippen molar-refractivity contribution >= 4 is 11.9 Å². The molecule has 0 radical (unpaired) electrons. The Labute approximate surface area is 227 Å². The van der Waals surface area contributed by atoms with E-state index in [0.717, 1.165) is 0 Å². The van der Waals surface area contributed by atoms with E-state index in [2.05, 4.69) is 0 Å². The number of ether oxygens (including phenoxy) is 3. The van der Waals surface area contributed by atoms with Gasteiger partial charge in [0.15, 0.2) is 5.60 Å². The number of fused-ring (bicyclic) bond motifs is 5. The lowest BCUT2D eigenvalue weighted by Gasteiger charge is -2.69. The van der Waals surface area contributed by atoms with Crippen LogP contribution in [0.25, 0.3) is 0 Å². The van der Waals surface area contributed by atoms with Gasteiger partial charge in [0.1, 0.15) is 23.9 Å². The highest BCUT2D eigenvalue weighted by atomic mass is 16.6. The van der Waals surface area contributed by atoms with Crippen LogP contribution in [-0.2, 0) is 19.0 Å². The summed E-state index contributed by atoms with van der Waals surface area (Å²) in [5, 5.41) is 58.8. The molecule has 10 heteroatoms. The van der Waals surface area contributed by atoms with E-state index in [9.17, 15) is 35.1 Å². The van der Waals surface area contributed by atoms with Gasteiger partial charge in [-0.15, -0.1) is 0 Å². The summed E-state index contributed by atoms with van der Waals surface area (Å²) in [6.07, 6.45) is -8.38. The maximum atomic E-state index is 13.6. The van der Waals surface area contributed by atoms with E-state index in [-0.39, 0.29) is 30.6 Å². The first-order valence-electron chi connectivity index (χ1n) is 13.4. The minimum absolute atomic E-state index is 0.0219. The second-order valence-corrected chi connectivity index (χ2v) is 12.4. The highest BCUT2D eigenvalue weighted by Gasteiger charge is 2.77. The van der Waals surface area contributed by atoms with E-state index in [0.29, 0.717) is 5.57 Å². The summed E-state index contributed by atoms with van der Waals surface area (Å²) < 4.78 is 17.8. The van der Waals surface area contributed by atoms with Crippen molar-refractivity contribution in [3.63, 3.8) is 0 Å². The summed E-state index contributed by atoms with van der Waals surface area (Å²) in [4.78, 5) is 26.0. The van der Waals surface area contributed by atoms with Gasteiger partial charge in [0.05, 0.1) is 36.4 Å². The molecular weight excluding hydrogens is 508 g/mol. The van der Waals surface area contributed by atoms with Gasteiger partial charge < -0.3 is 39.7 Å². The van der Waals surface area contributed by atoms with Crippen molar-refractivity contribution in [2.24, 2.45) is 16.7 Å². The third-order valence-corrected chi connectivity index (χ3v) is 10.2. The fraction of sp³-hybridized carbons (Fsp3) is 0.655. The maximum Gasteiger partial charge on any atom is 0.338 e. The second-order valence-electron chi connectivity index (χ2n) is 12.4. The number of hydrogen-bond donors (Lipinski definition) is 5. The molecule has 214 valence electrons. The first-order valence-corrected chi connectivity index (χ1v) is 13.4. The van der Waals surface area contributed by atoms with Crippen molar-refractivity contribution < 1.29 is 49.3 Å². The molecular formula is C29H38O10. The van der Waals surface area contributed by atoms with Crippen molar-refractivity contribution in [2.45, 2.75) is 95.3 Å². The Morgan fingerprint density at radius 3 is 2.26 bits per heavy atom. The molecule has 0 aromatic heterocycles. The predicted molar refractivity (Wildman–Crippen MR) is 136 cm³/mol. The molecule has 3 aliphatic carbocycles. The lowest BCUT2D eigenvalue weighted by molar-refractivity contribution is -0.365. The Balaban J connectivity index is 1.80. The second kappa shape index (κ2) is 9.09. The molecule has 10 nitrogen and oxygen atoms in total. The van der Waals surface area contributed by atoms with Gasteiger partial charge in [-0.05, 0) is 30.2 Å². The topological polar surface area (TPSA) is 163 Å². The van der Waals surface area contributed by atoms with Crippen molar-refractivity contribution in [2.75, 3.05) is 6.61 Å². The van der Waals surface area contributed by atoms with Crippen LogP contribution in [0.15, 0.2) is 41.5 Å². The van der Waals surface area contributed by atoms with Crippen molar-refractivity contribution in [3.05, 3.63) is 47.0 Å². The molecule has 10 atom stereocenters. The zero-order chi connectivity index (χ0) is 28.7. The first-order chi connectivity index (χ1) is 18.1. The third-order valence-electron chi connectivity index (χ3n) is 10.2. The van der Waals surface area contributed by atoms with E-state index in [1.54, 1.807) is 58.0 Å². The fourth-order valence-electron chi connectivity index (χ4n) is 7.88. The normalized spacial score (nSPS) is 44.6. The zero-order valence-corrected chi connectivity index (χ0v) is 22.8. The van der Waals surface area contributed by atoms with Crippen LogP contribution < -0.4 is 0 Å². The van der Waals surface area contributed by atoms with Gasteiger partial charge in [-0.1, -0.05) is 39.0 Å². The fourth-order valence-corrected chi connectivity index (χ4v) is 7.88. The standard InChI is InChI=1S/C29H38O10/c1-14-17(31)12-29(36)24(38-25(35)16-9-7-6-8-10-16)22-27(5,23(34)21(33)20(14)26(29,3)4)18(32)11-19-28(22,13-37-19)39-15(2)30/h6-10,17-19,21-24,31-34,36H,11-13H2,1-5H3/t17-,18?,19?,21?,22?,23?,24-,27?,28-,29?/m0/s1. The molecule has 0 amide bonds. The van der Waals surface area contributed by atoms with Crippen LogP contribution in [0.5, 0.6) is 0 Å². The monoisotopic (exact) mass is 546 g/mol. The molecule has 5 rings (SSSR count). The quantitative estimate of drug-likeness (QED) is 0.272. The summed E-state index contributed by atoms with van der Waals surface area (Å²) in [5.74, 6) is -2.66. The molecule has 5 N–H and O–H groups in total. The van der Waals surface area contributed by atoms with Crippen LogP contribution in [0.4, 0.5) is 0 Å². The van der Waals surface area contributed by atoms with E-state index in [1.807, 2.05) is 0 Å².